The molecule has 0 aromatic heterocycles. The van der Waals surface area contributed by atoms with Crippen LogP contribution in [0.5, 0.6) is 0 Å². The normalized spacial score (nSPS) is 25.0. The van der Waals surface area contributed by atoms with Crippen molar-refractivity contribution in [2.45, 2.75) is 40.0 Å². The molecule has 1 aromatic rings. The Labute approximate surface area is 123 Å². The van der Waals surface area contributed by atoms with Crippen molar-refractivity contribution >= 4 is 11.6 Å². The molecular weight excluding hydrogens is 272 g/mol. The lowest BCUT2D eigenvalue weighted by molar-refractivity contribution is -0.385. The molecule has 1 fully saturated rings. The summed E-state index contributed by atoms with van der Waals surface area (Å²) in [5, 5.41) is 21.3. The van der Waals surface area contributed by atoms with Gasteiger partial charge in [0.05, 0.1) is 11.5 Å². The van der Waals surface area contributed by atoms with Gasteiger partial charge in [0.1, 0.15) is 6.23 Å². The van der Waals surface area contributed by atoms with E-state index < -0.39 is 11.2 Å². The molecule has 1 aliphatic rings. The van der Waals surface area contributed by atoms with Crippen LogP contribution in [0.2, 0.25) is 0 Å². The van der Waals surface area contributed by atoms with Gasteiger partial charge in [-0.25, -0.2) is 0 Å². The van der Waals surface area contributed by atoms with Crippen molar-refractivity contribution in [2.24, 2.45) is 11.3 Å². The number of rotatable bonds is 3. The van der Waals surface area contributed by atoms with Gasteiger partial charge < -0.3 is 10.0 Å². The van der Waals surface area contributed by atoms with Gasteiger partial charge in [0, 0.05) is 17.5 Å². The largest absolute Gasteiger partial charge is 0.373 e. The maximum Gasteiger partial charge on any atom is 0.274 e. The molecule has 1 saturated heterocycles. The molecule has 2 rings (SSSR count). The molecule has 0 spiro atoms. The summed E-state index contributed by atoms with van der Waals surface area (Å²) >= 11 is 0. The molecule has 1 aromatic carbocycles. The van der Waals surface area contributed by atoms with Crippen LogP contribution in [-0.4, -0.2) is 27.1 Å². The van der Waals surface area contributed by atoms with E-state index in [1.165, 1.54) is 11.0 Å². The Morgan fingerprint density at radius 1 is 1.43 bits per heavy atom. The molecule has 0 bridgehead atoms. The molecule has 2 unspecified atom stereocenters. The summed E-state index contributed by atoms with van der Waals surface area (Å²) in [5.41, 5.74) is 0.118. The minimum absolute atomic E-state index is 0.0324. The van der Waals surface area contributed by atoms with Crippen molar-refractivity contribution in [3.05, 3.63) is 39.9 Å². The lowest BCUT2D eigenvalue weighted by Crippen LogP contribution is -2.53. The molecule has 1 amide bonds. The van der Waals surface area contributed by atoms with Gasteiger partial charge in [-0.3, -0.25) is 14.9 Å². The van der Waals surface area contributed by atoms with Gasteiger partial charge in [-0.2, -0.15) is 0 Å². The zero-order chi connectivity index (χ0) is 15.8. The van der Waals surface area contributed by atoms with Gasteiger partial charge in [0.2, 0.25) is 5.91 Å². The van der Waals surface area contributed by atoms with E-state index in [2.05, 4.69) is 0 Å². The van der Waals surface area contributed by atoms with E-state index in [4.69, 9.17) is 0 Å². The Kier molecular flexibility index (Phi) is 4.00. The van der Waals surface area contributed by atoms with Crippen molar-refractivity contribution in [1.29, 1.82) is 0 Å². The molecule has 1 aliphatic heterocycles. The van der Waals surface area contributed by atoms with Crippen LogP contribution in [-0.2, 0) is 11.3 Å². The third-order valence-electron chi connectivity index (χ3n) is 4.42. The third kappa shape index (κ3) is 2.90. The second-order valence-electron chi connectivity index (χ2n) is 6.25. The standard InChI is InChI=1S/C15H20N2O4/c1-10-14(19)16(13(18)8-15(10,2)3)9-11-6-4-5-7-12(11)17(20)21/h4-7,10,13,18H,8-9H2,1-3H3. The Morgan fingerprint density at radius 2 is 2.05 bits per heavy atom. The van der Waals surface area contributed by atoms with Crippen LogP contribution in [0.15, 0.2) is 24.3 Å². The Bertz CT molecular complexity index is 571. The summed E-state index contributed by atoms with van der Waals surface area (Å²) in [7, 11) is 0. The van der Waals surface area contributed by atoms with E-state index >= 15 is 0 Å². The van der Waals surface area contributed by atoms with Gasteiger partial charge in [0.25, 0.3) is 5.69 Å². The van der Waals surface area contributed by atoms with Crippen LogP contribution in [0.25, 0.3) is 0 Å². The van der Waals surface area contributed by atoms with E-state index in [9.17, 15) is 20.0 Å². The first-order valence-corrected chi connectivity index (χ1v) is 6.95. The molecule has 0 aliphatic carbocycles. The van der Waals surface area contributed by atoms with E-state index in [1.807, 2.05) is 20.8 Å². The van der Waals surface area contributed by atoms with Gasteiger partial charge in [-0.15, -0.1) is 0 Å². The number of amides is 1. The number of carbonyl (C=O) groups is 1. The average molecular weight is 292 g/mol. The van der Waals surface area contributed by atoms with Gasteiger partial charge in [0.15, 0.2) is 0 Å². The van der Waals surface area contributed by atoms with Crippen molar-refractivity contribution < 1.29 is 14.8 Å². The molecule has 2 atom stereocenters. The number of benzene rings is 1. The zero-order valence-electron chi connectivity index (χ0n) is 12.4. The highest BCUT2D eigenvalue weighted by atomic mass is 16.6. The number of nitro benzene ring substituents is 1. The van der Waals surface area contributed by atoms with Gasteiger partial charge in [-0.1, -0.05) is 39.0 Å². The number of carbonyl (C=O) groups excluding carboxylic acids is 1. The van der Waals surface area contributed by atoms with Crippen LogP contribution in [0.3, 0.4) is 0 Å². The number of nitro groups is 1. The number of aliphatic hydroxyl groups excluding tert-OH is 1. The van der Waals surface area contributed by atoms with E-state index in [-0.39, 0.29) is 29.5 Å². The molecule has 6 nitrogen and oxygen atoms in total. The van der Waals surface area contributed by atoms with Crippen molar-refractivity contribution in [1.82, 2.24) is 4.90 Å². The van der Waals surface area contributed by atoms with Gasteiger partial charge in [-0.05, 0) is 11.8 Å². The average Bonchev–Trinajstić information content (AvgIpc) is 2.41. The Morgan fingerprint density at radius 3 is 2.67 bits per heavy atom. The maximum atomic E-state index is 12.4. The van der Waals surface area contributed by atoms with Crippen LogP contribution < -0.4 is 0 Å². The topological polar surface area (TPSA) is 83.7 Å². The molecule has 0 radical (unpaired) electrons. The molecule has 6 heteroatoms. The fraction of sp³-hybridized carbons (Fsp3) is 0.533. The minimum atomic E-state index is -0.913. The summed E-state index contributed by atoms with van der Waals surface area (Å²) in [6.07, 6.45) is -0.455. The number of likely N-dealkylation sites (tertiary alicyclic amines) is 1. The number of para-hydroxylation sites is 1. The first-order valence-electron chi connectivity index (χ1n) is 6.95. The monoisotopic (exact) mass is 292 g/mol. The summed E-state index contributed by atoms with van der Waals surface area (Å²) in [4.78, 5) is 24.3. The number of hydrogen-bond donors (Lipinski definition) is 1. The highest BCUT2D eigenvalue weighted by Crippen LogP contribution is 2.39. The third-order valence-corrected chi connectivity index (χ3v) is 4.42. The SMILES string of the molecule is CC1C(=O)N(Cc2ccccc2[N+](=O)[O-])C(O)CC1(C)C. The second-order valence-corrected chi connectivity index (χ2v) is 6.25. The number of piperidine rings is 1. The number of nitrogens with zero attached hydrogens (tertiary/aromatic N) is 2. The summed E-state index contributed by atoms with van der Waals surface area (Å²) < 4.78 is 0. The Balaban J connectivity index is 2.28. The van der Waals surface area contributed by atoms with E-state index in [0.29, 0.717) is 12.0 Å². The fourth-order valence-electron chi connectivity index (χ4n) is 2.68. The predicted octanol–water partition coefficient (Wildman–Crippen LogP) is 2.31. The molecule has 1 heterocycles. The first-order chi connectivity index (χ1) is 9.74. The maximum absolute atomic E-state index is 12.4. The van der Waals surface area contributed by atoms with Gasteiger partial charge >= 0.3 is 0 Å². The molecular formula is C15H20N2O4. The predicted molar refractivity (Wildman–Crippen MR) is 77.2 cm³/mol. The fourth-order valence-corrected chi connectivity index (χ4v) is 2.68. The van der Waals surface area contributed by atoms with Crippen LogP contribution in [0.4, 0.5) is 5.69 Å². The van der Waals surface area contributed by atoms with Crippen LogP contribution >= 0.6 is 0 Å². The van der Waals surface area contributed by atoms with E-state index in [0.717, 1.165) is 0 Å². The molecule has 1 N–H and O–H groups in total. The minimum Gasteiger partial charge on any atom is -0.373 e. The van der Waals surface area contributed by atoms with Crippen molar-refractivity contribution in [3.63, 3.8) is 0 Å². The lowest BCUT2D eigenvalue weighted by Gasteiger charge is -2.44. The number of aliphatic hydroxyl groups is 1. The molecule has 114 valence electrons. The first kappa shape index (κ1) is 15.4. The summed E-state index contributed by atoms with van der Waals surface area (Å²) in [5.74, 6) is -0.402. The zero-order valence-corrected chi connectivity index (χ0v) is 12.4. The highest BCUT2D eigenvalue weighted by Gasteiger charge is 2.43. The van der Waals surface area contributed by atoms with Crippen LogP contribution in [0.1, 0.15) is 32.8 Å². The highest BCUT2D eigenvalue weighted by molar-refractivity contribution is 5.80. The van der Waals surface area contributed by atoms with Crippen LogP contribution in [0, 0.1) is 21.4 Å². The Hall–Kier alpha value is -1.95. The molecule has 0 saturated carbocycles. The van der Waals surface area contributed by atoms with Crippen molar-refractivity contribution in [3.8, 4) is 0 Å². The number of hydrogen-bond acceptors (Lipinski definition) is 4. The van der Waals surface area contributed by atoms with E-state index in [1.54, 1.807) is 18.2 Å². The summed E-state index contributed by atoms with van der Waals surface area (Å²) in [6, 6.07) is 6.30. The quantitative estimate of drug-likeness (QED) is 0.684. The molecule has 21 heavy (non-hydrogen) atoms. The second kappa shape index (κ2) is 5.44. The summed E-state index contributed by atoms with van der Waals surface area (Å²) in [6.45, 7) is 5.78. The lowest BCUT2D eigenvalue weighted by atomic mass is 9.73. The smallest absolute Gasteiger partial charge is 0.274 e. The van der Waals surface area contributed by atoms with Crippen molar-refractivity contribution in [2.75, 3.05) is 0 Å².